The summed E-state index contributed by atoms with van der Waals surface area (Å²) in [5.74, 6) is 0.415. The molecule has 0 fully saturated rings. The first-order valence-corrected chi connectivity index (χ1v) is 3.23. The first kappa shape index (κ1) is 9.02. The van der Waals surface area contributed by atoms with Gasteiger partial charge in [0.05, 0.1) is 5.76 Å². The third kappa shape index (κ3) is 3.13. The smallest absolute Gasteiger partial charge is 0.0861 e. The van der Waals surface area contributed by atoms with Crippen LogP contribution in [-0.2, 0) is 0 Å². The van der Waals surface area contributed by atoms with E-state index in [0.717, 1.165) is 5.57 Å². The van der Waals surface area contributed by atoms with Crippen LogP contribution in [-0.4, -0.2) is 5.11 Å². The Kier molecular flexibility index (Phi) is 3.55. The van der Waals surface area contributed by atoms with E-state index in [0.29, 0.717) is 5.76 Å². The van der Waals surface area contributed by atoms with Crippen LogP contribution >= 0.6 is 0 Å². The quantitative estimate of drug-likeness (QED) is 0.469. The van der Waals surface area contributed by atoms with Crippen LogP contribution in [0.2, 0.25) is 0 Å². The van der Waals surface area contributed by atoms with Crippen molar-refractivity contribution in [3.8, 4) is 0 Å². The van der Waals surface area contributed by atoms with Gasteiger partial charge < -0.3 is 5.11 Å². The van der Waals surface area contributed by atoms with Crippen molar-refractivity contribution in [2.75, 3.05) is 0 Å². The summed E-state index contributed by atoms with van der Waals surface area (Å²) >= 11 is 0. The minimum Gasteiger partial charge on any atom is -0.513 e. The summed E-state index contributed by atoms with van der Waals surface area (Å²) in [5, 5.41) is 8.88. The first-order chi connectivity index (χ1) is 4.57. The van der Waals surface area contributed by atoms with E-state index in [1.807, 2.05) is 6.92 Å². The Morgan fingerprint density at radius 1 is 1.50 bits per heavy atom. The molecule has 56 valence electrons. The van der Waals surface area contributed by atoms with Crippen molar-refractivity contribution in [2.24, 2.45) is 5.92 Å². The molecule has 0 aliphatic heterocycles. The largest absolute Gasteiger partial charge is 0.513 e. The number of allylic oxidation sites excluding steroid dienone is 4. The van der Waals surface area contributed by atoms with Gasteiger partial charge >= 0.3 is 0 Å². The molecular weight excluding hydrogens is 124 g/mol. The zero-order valence-corrected chi connectivity index (χ0v) is 6.59. The van der Waals surface area contributed by atoms with E-state index in [4.69, 9.17) is 5.11 Å². The van der Waals surface area contributed by atoms with Crippen molar-refractivity contribution in [1.82, 2.24) is 0 Å². The van der Waals surface area contributed by atoms with E-state index >= 15 is 0 Å². The Labute approximate surface area is 62.4 Å². The lowest BCUT2D eigenvalue weighted by atomic mass is 10.0. The molecule has 0 amide bonds. The van der Waals surface area contributed by atoms with Gasteiger partial charge in [-0.25, -0.2) is 0 Å². The van der Waals surface area contributed by atoms with Gasteiger partial charge in [0.15, 0.2) is 0 Å². The number of hydrogen-bond donors (Lipinski definition) is 1. The van der Waals surface area contributed by atoms with Crippen LogP contribution < -0.4 is 0 Å². The topological polar surface area (TPSA) is 20.2 Å². The van der Waals surface area contributed by atoms with E-state index in [2.05, 4.69) is 13.2 Å². The lowest BCUT2D eigenvalue weighted by Gasteiger charge is -2.05. The van der Waals surface area contributed by atoms with Crippen LogP contribution in [0.3, 0.4) is 0 Å². The third-order valence-corrected chi connectivity index (χ3v) is 1.24. The second-order valence-corrected chi connectivity index (χ2v) is 2.42. The molecule has 0 aromatic carbocycles. The molecule has 0 heterocycles. The fraction of sp³-hybridized carbons (Fsp3) is 0.333. The fourth-order valence-corrected chi connectivity index (χ4v) is 0.671. The van der Waals surface area contributed by atoms with Gasteiger partial charge in [0.1, 0.15) is 0 Å². The zero-order valence-electron chi connectivity index (χ0n) is 6.59. The van der Waals surface area contributed by atoms with E-state index in [1.54, 1.807) is 19.1 Å². The van der Waals surface area contributed by atoms with Crippen LogP contribution in [0.25, 0.3) is 0 Å². The van der Waals surface area contributed by atoms with Crippen LogP contribution in [0.5, 0.6) is 0 Å². The molecule has 0 aliphatic carbocycles. The third-order valence-electron chi connectivity index (χ3n) is 1.24. The highest BCUT2D eigenvalue weighted by Gasteiger charge is 1.99. The summed E-state index contributed by atoms with van der Waals surface area (Å²) in [6, 6.07) is 0. The molecule has 1 N–H and O–H groups in total. The molecule has 0 aromatic rings. The summed E-state index contributed by atoms with van der Waals surface area (Å²) in [6.07, 6.45) is 3.47. The number of aliphatic hydroxyl groups excluding tert-OH is 1. The molecule has 0 bridgehead atoms. The maximum absolute atomic E-state index is 8.88. The fourth-order valence-electron chi connectivity index (χ4n) is 0.671. The van der Waals surface area contributed by atoms with E-state index in [1.165, 1.54) is 0 Å². The van der Waals surface area contributed by atoms with E-state index < -0.39 is 0 Å². The lowest BCUT2D eigenvalue weighted by molar-refractivity contribution is 0.410. The van der Waals surface area contributed by atoms with Gasteiger partial charge in [-0.2, -0.15) is 0 Å². The monoisotopic (exact) mass is 138 g/mol. The Morgan fingerprint density at radius 3 is 2.10 bits per heavy atom. The standard InChI is InChI=1S/C9H14O/c1-5-9(7(2)3)6-8(4)10/h5-6,9-10H,1-2H2,3-4H3/b8-6+/t9-/m0/s1. The van der Waals surface area contributed by atoms with E-state index in [-0.39, 0.29) is 5.92 Å². The van der Waals surface area contributed by atoms with Crippen LogP contribution in [0.15, 0.2) is 36.6 Å². The van der Waals surface area contributed by atoms with Crippen molar-refractivity contribution >= 4 is 0 Å². The second kappa shape index (κ2) is 3.94. The molecule has 1 atom stereocenters. The number of aliphatic hydroxyl groups is 1. The van der Waals surface area contributed by atoms with Gasteiger partial charge in [0.2, 0.25) is 0 Å². The molecule has 10 heavy (non-hydrogen) atoms. The summed E-state index contributed by atoms with van der Waals surface area (Å²) < 4.78 is 0. The van der Waals surface area contributed by atoms with Crippen molar-refractivity contribution in [1.29, 1.82) is 0 Å². The van der Waals surface area contributed by atoms with Crippen molar-refractivity contribution in [3.05, 3.63) is 36.6 Å². The summed E-state index contributed by atoms with van der Waals surface area (Å²) in [5.41, 5.74) is 0.989. The zero-order chi connectivity index (χ0) is 8.15. The van der Waals surface area contributed by atoms with Crippen LogP contribution in [0.4, 0.5) is 0 Å². The molecule has 0 unspecified atom stereocenters. The Balaban J connectivity index is 4.23. The average molecular weight is 138 g/mol. The molecule has 0 spiro atoms. The highest BCUT2D eigenvalue weighted by Crippen LogP contribution is 2.11. The van der Waals surface area contributed by atoms with Gasteiger partial charge in [-0.15, -0.1) is 6.58 Å². The lowest BCUT2D eigenvalue weighted by Crippen LogP contribution is -1.92. The van der Waals surface area contributed by atoms with Gasteiger partial charge in [-0.05, 0) is 19.9 Å². The normalized spacial score (nSPS) is 14.4. The molecule has 0 saturated carbocycles. The minimum atomic E-state index is 0.102. The molecule has 0 aliphatic rings. The summed E-state index contributed by atoms with van der Waals surface area (Å²) in [6.45, 7) is 10.9. The second-order valence-electron chi connectivity index (χ2n) is 2.42. The Hall–Kier alpha value is -0.980. The number of rotatable bonds is 3. The minimum absolute atomic E-state index is 0.102. The number of hydrogen-bond acceptors (Lipinski definition) is 1. The molecular formula is C9H14O. The summed E-state index contributed by atoms with van der Waals surface area (Å²) in [7, 11) is 0. The molecule has 1 heteroatoms. The van der Waals surface area contributed by atoms with Crippen LogP contribution in [0.1, 0.15) is 13.8 Å². The van der Waals surface area contributed by atoms with Gasteiger partial charge in [0.25, 0.3) is 0 Å². The van der Waals surface area contributed by atoms with Crippen molar-refractivity contribution in [2.45, 2.75) is 13.8 Å². The van der Waals surface area contributed by atoms with Crippen LogP contribution in [0, 0.1) is 5.92 Å². The Bertz CT molecular complexity index is 162. The first-order valence-electron chi connectivity index (χ1n) is 3.23. The highest BCUT2D eigenvalue weighted by atomic mass is 16.3. The predicted octanol–water partition coefficient (Wildman–Crippen LogP) is 2.83. The summed E-state index contributed by atoms with van der Waals surface area (Å²) in [4.78, 5) is 0. The SMILES string of the molecule is C=C[C@@H](/C=C(\C)O)C(=C)C. The average Bonchev–Trinajstić information content (AvgIpc) is 1.81. The molecule has 1 nitrogen and oxygen atoms in total. The van der Waals surface area contributed by atoms with Crippen molar-refractivity contribution in [3.63, 3.8) is 0 Å². The molecule has 0 rings (SSSR count). The van der Waals surface area contributed by atoms with Gasteiger partial charge in [-0.1, -0.05) is 18.2 Å². The molecule has 0 saturated heterocycles. The maximum atomic E-state index is 8.88. The van der Waals surface area contributed by atoms with E-state index in [9.17, 15) is 0 Å². The maximum Gasteiger partial charge on any atom is 0.0861 e. The molecule has 0 radical (unpaired) electrons. The highest BCUT2D eigenvalue weighted by molar-refractivity contribution is 5.14. The Morgan fingerprint density at radius 2 is 2.00 bits per heavy atom. The molecule has 0 aromatic heterocycles. The van der Waals surface area contributed by atoms with Gasteiger partial charge in [0, 0.05) is 5.92 Å². The predicted molar refractivity (Wildman–Crippen MR) is 44.9 cm³/mol. The van der Waals surface area contributed by atoms with Gasteiger partial charge in [-0.3, -0.25) is 0 Å². The van der Waals surface area contributed by atoms with Crippen molar-refractivity contribution < 1.29 is 5.11 Å².